The van der Waals surface area contributed by atoms with E-state index in [-0.39, 0.29) is 4.90 Å². The molecule has 1 N–H and O–H groups in total. The van der Waals surface area contributed by atoms with Gasteiger partial charge in [-0.2, -0.15) is 0 Å². The summed E-state index contributed by atoms with van der Waals surface area (Å²) < 4.78 is 29.1. The van der Waals surface area contributed by atoms with Crippen LogP contribution in [0.15, 0.2) is 57.8 Å². The molecule has 0 aliphatic carbocycles. The molecule has 2 aromatic carbocycles. The zero-order valence-corrected chi connectivity index (χ0v) is 15.1. The second-order valence-corrected chi connectivity index (χ2v) is 7.74. The van der Waals surface area contributed by atoms with E-state index in [2.05, 4.69) is 15.5 Å². The maximum absolute atomic E-state index is 11.8. The first-order valence-corrected chi connectivity index (χ1v) is 9.84. The second kappa shape index (κ2) is 7.54. The Hall–Kier alpha value is -3.27. The third-order valence-electron chi connectivity index (χ3n) is 3.71. The van der Waals surface area contributed by atoms with Gasteiger partial charge >= 0.3 is 0 Å². The first-order valence-electron chi connectivity index (χ1n) is 7.95. The fourth-order valence-corrected chi connectivity index (χ4v) is 3.30. The van der Waals surface area contributed by atoms with E-state index in [4.69, 9.17) is 4.42 Å². The number of aromatic nitrogens is 2. The van der Waals surface area contributed by atoms with Crippen LogP contribution in [0.2, 0.25) is 0 Å². The Morgan fingerprint density at radius 2 is 1.89 bits per heavy atom. The predicted molar refractivity (Wildman–Crippen MR) is 98.1 cm³/mol. The van der Waals surface area contributed by atoms with E-state index >= 15 is 0 Å². The van der Waals surface area contributed by atoms with Gasteiger partial charge < -0.3 is 9.73 Å². The molecule has 0 radical (unpaired) electrons. The highest BCUT2D eigenvalue weighted by Crippen LogP contribution is 2.27. The maximum atomic E-state index is 11.8. The van der Waals surface area contributed by atoms with Crippen LogP contribution >= 0.6 is 0 Å². The van der Waals surface area contributed by atoms with Crippen molar-refractivity contribution in [1.82, 2.24) is 10.2 Å². The first-order chi connectivity index (χ1) is 12.8. The van der Waals surface area contributed by atoms with Gasteiger partial charge in [0, 0.05) is 36.5 Å². The van der Waals surface area contributed by atoms with Crippen LogP contribution in [0.4, 0.5) is 11.4 Å². The average molecular weight is 388 g/mol. The first kappa shape index (κ1) is 18.5. The lowest BCUT2D eigenvalue weighted by Gasteiger charge is -2.07. The summed E-state index contributed by atoms with van der Waals surface area (Å²) in [5, 5.41) is 22.0. The number of benzene rings is 2. The van der Waals surface area contributed by atoms with Crippen molar-refractivity contribution in [2.45, 2.75) is 11.3 Å². The van der Waals surface area contributed by atoms with E-state index in [0.717, 1.165) is 11.8 Å². The number of hydrogen-bond donors (Lipinski definition) is 1. The summed E-state index contributed by atoms with van der Waals surface area (Å²) in [5.41, 5.74) is 0.814. The minimum Gasteiger partial charge on any atom is -0.421 e. The molecular formula is C17H16N4O5S. The molecular weight excluding hydrogens is 372 g/mol. The van der Waals surface area contributed by atoms with Gasteiger partial charge in [-0.05, 0) is 24.3 Å². The predicted octanol–water partition coefficient (Wildman–Crippen LogP) is 2.70. The Bertz CT molecular complexity index is 1060. The van der Waals surface area contributed by atoms with Gasteiger partial charge in [-0.15, -0.1) is 10.2 Å². The number of hydrogen-bond acceptors (Lipinski definition) is 8. The molecule has 0 saturated carbocycles. The van der Waals surface area contributed by atoms with E-state index in [1.165, 1.54) is 18.2 Å². The summed E-state index contributed by atoms with van der Waals surface area (Å²) in [6, 6.07) is 13.2. The van der Waals surface area contributed by atoms with Crippen LogP contribution in [0.5, 0.6) is 0 Å². The van der Waals surface area contributed by atoms with Gasteiger partial charge in [-0.25, -0.2) is 8.42 Å². The third-order valence-corrected chi connectivity index (χ3v) is 4.84. The molecule has 0 fully saturated rings. The molecule has 0 amide bonds. The Labute approximate surface area is 155 Å². The topological polar surface area (TPSA) is 128 Å². The Kier molecular flexibility index (Phi) is 5.17. The van der Waals surface area contributed by atoms with Crippen LogP contribution in [0, 0.1) is 10.1 Å². The minimum atomic E-state index is -3.73. The molecule has 0 spiro atoms. The lowest BCUT2D eigenvalue weighted by atomic mass is 10.2. The summed E-state index contributed by atoms with van der Waals surface area (Å²) in [5.74, 6) is 0.840. The SMILES string of the molecule is CS(=O)(=O)c1cc(NCCc2nnc(-c3ccccc3)o2)ccc1[N+](=O)[O-]. The standard InChI is InChI=1S/C17H16N4O5S/c1-27(24,25)15-11-13(7-8-14(15)21(22)23)18-10-9-16-19-20-17(26-16)12-5-3-2-4-6-12/h2-8,11,18H,9-10H2,1H3. The number of nitro groups is 1. The van der Waals surface area contributed by atoms with Gasteiger partial charge in [0.1, 0.15) is 4.90 Å². The molecule has 10 heteroatoms. The number of sulfone groups is 1. The quantitative estimate of drug-likeness (QED) is 0.483. The molecule has 27 heavy (non-hydrogen) atoms. The number of rotatable bonds is 7. The van der Waals surface area contributed by atoms with Gasteiger partial charge in [0.05, 0.1) is 4.92 Å². The van der Waals surface area contributed by atoms with Gasteiger partial charge in [0.15, 0.2) is 9.84 Å². The molecule has 0 aliphatic heterocycles. The van der Waals surface area contributed by atoms with Crippen molar-refractivity contribution >= 4 is 21.2 Å². The third kappa shape index (κ3) is 4.47. The van der Waals surface area contributed by atoms with Crippen LogP contribution in [0.3, 0.4) is 0 Å². The summed E-state index contributed by atoms with van der Waals surface area (Å²) in [6.07, 6.45) is 1.34. The fraction of sp³-hybridized carbons (Fsp3) is 0.176. The zero-order chi connectivity index (χ0) is 19.4. The average Bonchev–Trinajstić information content (AvgIpc) is 3.10. The van der Waals surface area contributed by atoms with Crippen LogP contribution in [-0.4, -0.2) is 36.3 Å². The number of nitrogens with zero attached hydrogens (tertiary/aromatic N) is 3. The largest absolute Gasteiger partial charge is 0.421 e. The van der Waals surface area contributed by atoms with Crippen molar-refractivity contribution in [3.05, 3.63) is 64.5 Å². The van der Waals surface area contributed by atoms with Crippen molar-refractivity contribution in [1.29, 1.82) is 0 Å². The zero-order valence-electron chi connectivity index (χ0n) is 14.3. The van der Waals surface area contributed by atoms with E-state index < -0.39 is 20.4 Å². The highest BCUT2D eigenvalue weighted by Gasteiger charge is 2.22. The van der Waals surface area contributed by atoms with E-state index in [0.29, 0.717) is 30.4 Å². The molecule has 3 aromatic rings. The molecule has 3 rings (SSSR count). The van der Waals surface area contributed by atoms with Crippen molar-refractivity contribution in [2.75, 3.05) is 18.1 Å². The lowest BCUT2D eigenvalue weighted by Crippen LogP contribution is -2.08. The molecule has 0 saturated heterocycles. The Balaban J connectivity index is 1.68. The van der Waals surface area contributed by atoms with Crippen molar-refractivity contribution in [3.63, 3.8) is 0 Å². The molecule has 0 atom stereocenters. The lowest BCUT2D eigenvalue weighted by molar-refractivity contribution is -0.387. The molecule has 0 aliphatic rings. The van der Waals surface area contributed by atoms with E-state index in [1.807, 2.05) is 30.3 Å². The highest BCUT2D eigenvalue weighted by atomic mass is 32.2. The second-order valence-electron chi connectivity index (χ2n) is 5.76. The van der Waals surface area contributed by atoms with Gasteiger partial charge in [0.2, 0.25) is 11.8 Å². The molecule has 0 unspecified atom stereocenters. The molecule has 1 aromatic heterocycles. The fourth-order valence-electron chi connectivity index (χ4n) is 2.44. The molecule has 140 valence electrons. The van der Waals surface area contributed by atoms with E-state index in [9.17, 15) is 18.5 Å². The van der Waals surface area contributed by atoms with Crippen LogP contribution < -0.4 is 5.32 Å². The van der Waals surface area contributed by atoms with Gasteiger partial charge in [0.25, 0.3) is 5.69 Å². The van der Waals surface area contributed by atoms with Crippen LogP contribution in [0.1, 0.15) is 5.89 Å². The molecule has 1 heterocycles. The smallest absolute Gasteiger partial charge is 0.288 e. The monoisotopic (exact) mass is 388 g/mol. The normalized spacial score (nSPS) is 11.3. The molecule has 0 bridgehead atoms. The molecule has 9 nitrogen and oxygen atoms in total. The number of anilines is 1. The van der Waals surface area contributed by atoms with Crippen LogP contribution in [-0.2, 0) is 16.3 Å². The summed E-state index contributed by atoms with van der Waals surface area (Å²) in [7, 11) is -3.73. The van der Waals surface area contributed by atoms with Crippen molar-refractivity contribution in [3.8, 4) is 11.5 Å². The number of nitro benzene ring substituents is 1. The van der Waals surface area contributed by atoms with E-state index in [1.54, 1.807) is 0 Å². The van der Waals surface area contributed by atoms with Crippen molar-refractivity contribution < 1.29 is 17.8 Å². The Morgan fingerprint density at radius 1 is 1.15 bits per heavy atom. The number of nitrogens with one attached hydrogen (secondary N) is 1. The van der Waals surface area contributed by atoms with Crippen molar-refractivity contribution in [2.24, 2.45) is 0 Å². The maximum Gasteiger partial charge on any atom is 0.288 e. The summed E-state index contributed by atoms with van der Waals surface area (Å²) in [6.45, 7) is 0.386. The van der Waals surface area contributed by atoms with Crippen LogP contribution in [0.25, 0.3) is 11.5 Å². The van der Waals surface area contributed by atoms with Gasteiger partial charge in [-0.3, -0.25) is 10.1 Å². The highest BCUT2D eigenvalue weighted by molar-refractivity contribution is 7.90. The Morgan fingerprint density at radius 3 is 2.56 bits per heavy atom. The minimum absolute atomic E-state index is 0.332. The summed E-state index contributed by atoms with van der Waals surface area (Å²) in [4.78, 5) is 9.94. The summed E-state index contributed by atoms with van der Waals surface area (Å²) >= 11 is 0. The van der Waals surface area contributed by atoms with Gasteiger partial charge in [-0.1, -0.05) is 18.2 Å².